The van der Waals surface area contributed by atoms with Gasteiger partial charge < -0.3 is 15.4 Å². The number of aromatic nitrogens is 2. The highest BCUT2D eigenvalue weighted by Gasteiger charge is 2.18. The molecule has 0 aliphatic rings. The standard InChI is InChI=1S/C10H9FN4O4/c11-6-1-5(2-7(3-6)15(17)18)10-13-9(14-19-10)8(12)4-16/h1-3,8,16H,4,12H2. The molecule has 1 aromatic heterocycles. The second-order valence-corrected chi connectivity index (χ2v) is 3.70. The number of aliphatic hydroxyl groups excluding tert-OH is 1. The van der Waals surface area contributed by atoms with E-state index in [0.29, 0.717) is 0 Å². The summed E-state index contributed by atoms with van der Waals surface area (Å²) in [6, 6.07) is 2.07. The summed E-state index contributed by atoms with van der Waals surface area (Å²) in [6.45, 7) is -0.387. The van der Waals surface area contributed by atoms with E-state index in [4.69, 9.17) is 15.4 Å². The van der Waals surface area contributed by atoms with Crippen LogP contribution in [-0.2, 0) is 0 Å². The SMILES string of the molecule is NC(CO)c1noc(-c2cc(F)cc([N+](=O)[O-])c2)n1. The molecule has 9 heteroatoms. The lowest BCUT2D eigenvalue weighted by molar-refractivity contribution is -0.385. The average molecular weight is 268 g/mol. The first-order chi connectivity index (χ1) is 9.01. The summed E-state index contributed by atoms with van der Waals surface area (Å²) in [5, 5.41) is 23.0. The molecule has 0 saturated carbocycles. The van der Waals surface area contributed by atoms with E-state index in [0.717, 1.165) is 18.2 Å². The minimum absolute atomic E-state index is 0.0319. The van der Waals surface area contributed by atoms with Crippen molar-refractivity contribution in [1.29, 1.82) is 0 Å². The van der Waals surface area contributed by atoms with E-state index < -0.39 is 22.5 Å². The van der Waals surface area contributed by atoms with E-state index in [2.05, 4.69) is 10.1 Å². The number of nitro benzene ring substituents is 1. The fourth-order valence-corrected chi connectivity index (χ4v) is 1.39. The number of hydrogen-bond acceptors (Lipinski definition) is 7. The summed E-state index contributed by atoms with van der Waals surface area (Å²) >= 11 is 0. The van der Waals surface area contributed by atoms with E-state index >= 15 is 0 Å². The van der Waals surface area contributed by atoms with Crippen LogP contribution in [0.5, 0.6) is 0 Å². The number of non-ortho nitro benzene ring substituents is 1. The molecule has 1 unspecified atom stereocenters. The Kier molecular flexibility index (Phi) is 3.49. The summed E-state index contributed by atoms with van der Waals surface area (Å²) in [4.78, 5) is 13.7. The number of nitrogens with two attached hydrogens (primary N) is 1. The highest BCUT2D eigenvalue weighted by molar-refractivity contribution is 5.57. The van der Waals surface area contributed by atoms with Gasteiger partial charge in [-0.1, -0.05) is 5.16 Å². The summed E-state index contributed by atoms with van der Waals surface area (Å²) in [6.07, 6.45) is 0. The molecule has 0 aliphatic carbocycles. The van der Waals surface area contributed by atoms with Gasteiger partial charge in [0.2, 0.25) is 0 Å². The molecule has 0 radical (unpaired) electrons. The Morgan fingerprint density at radius 2 is 2.26 bits per heavy atom. The molecule has 0 fully saturated rings. The third kappa shape index (κ3) is 2.72. The Bertz CT molecular complexity index is 615. The van der Waals surface area contributed by atoms with Crippen LogP contribution in [0.4, 0.5) is 10.1 Å². The molecule has 0 spiro atoms. The molecule has 19 heavy (non-hydrogen) atoms. The normalized spacial score (nSPS) is 12.4. The van der Waals surface area contributed by atoms with Gasteiger partial charge in [0.1, 0.15) is 5.82 Å². The molecule has 3 N–H and O–H groups in total. The number of halogens is 1. The van der Waals surface area contributed by atoms with Crippen LogP contribution < -0.4 is 5.73 Å². The van der Waals surface area contributed by atoms with Gasteiger partial charge in [0, 0.05) is 11.6 Å². The van der Waals surface area contributed by atoms with Gasteiger partial charge in [0.05, 0.1) is 23.6 Å². The molecule has 8 nitrogen and oxygen atoms in total. The van der Waals surface area contributed by atoms with Crippen LogP contribution in [0.3, 0.4) is 0 Å². The number of rotatable bonds is 4. The zero-order valence-electron chi connectivity index (χ0n) is 9.49. The molecule has 100 valence electrons. The third-order valence-corrected chi connectivity index (χ3v) is 2.31. The van der Waals surface area contributed by atoms with Crippen molar-refractivity contribution in [2.75, 3.05) is 6.61 Å². The fourth-order valence-electron chi connectivity index (χ4n) is 1.39. The van der Waals surface area contributed by atoms with Crippen LogP contribution in [0.2, 0.25) is 0 Å². The summed E-state index contributed by atoms with van der Waals surface area (Å²) < 4.78 is 18.1. The lowest BCUT2D eigenvalue weighted by atomic mass is 10.2. The van der Waals surface area contributed by atoms with Crippen molar-refractivity contribution >= 4 is 5.69 Å². The number of hydrogen-bond donors (Lipinski definition) is 2. The van der Waals surface area contributed by atoms with Gasteiger partial charge >= 0.3 is 0 Å². The molecule has 1 heterocycles. The average Bonchev–Trinajstić information content (AvgIpc) is 2.86. The van der Waals surface area contributed by atoms with Gasteiger partial charge in [-0.25, -0.2) is 4.39 Å². The van der Waals surface area contributed by atoms with Crippen molar-refractivity contribution < 1.29 is 18.9 Å². The highest BCUT2D eigenvalue weighted by Crippen LogP contribution is 2.24. The van der Waals surface area contributed by atoms with Gasteiger partial charge in [-0.3, -0.25) is 10.1 Å². The molecular formula is C10H9FN4O4. The number of nitro groups is 1. The predicted octanol–water partition coefficient (Wildman–Crippen LogP) is 0.776. The van der Waals surface area contributed by atoms with Crippen LogP contribution in [0.25, 0.3) is 11.5 Å². The number of aliphatic hydroxyl groups is 1. The van der Waals surface area contributed by atoms with Crippen LogP contribution in [0, 0.1) is 15.9 Å². The van der Waals surface area contributed by atoms with Crippen LogP contribution >= 0.6 is 0 Å². The monoisotopic (exact) mass is 268 g/mol. The first kappa shape index (κ1) is 13.1. The third-order valence-electron chi connectivity index (χ3n) is 2.31. The summed E-state index contributed by atoms with van der Waals surface area (Å²) in [7, 11) is 0. The van der Waals surface area contributed by atoms with E-state index in [-0.39, 0.29) is 23.9 Å². The quantitative estimate of drug-likeness (QED) is 0.619. The maximum Gasteiger partial charge on any atom is 0.273 e. The van der Waals surface area contributed by atoms with Gasteiger partial charge in [0.15, 0.2) is 5.82 Å². The van der Waals surface area contributed by atoms with Gasteiger partial charge in [0.25, 0.3) is 11.6 Å². The van der Waals surface area contributed by atoms with Crippen molar-refractivity contribution in [2.45, 2.75) is 6.04 Å². The maximum absolute atomic E-state index is 13.2. The van der Waals surface area contributed by atoms with Crippen molar-refractivity contribution in [1.82, 2.24) is 10.1 Å². The molecular weight excluding hydrogens is 259 g/mol. The molecule has 1 atom stereocenters. The Hall–Kier alpha value is -2.39. The second kappa shape index (κ2) is 5.08. The summed E-state index contributed by atoms with van der Waals surface area (Å²) in [5.74, 6) is -0.874. The van der Waals surface area contributed by atoms with Gasteiger partial charge in [-0.05, 0) is 6.07 Å². The van der Waals surface area contributed by atoms with Crippen molar-refractivity contribution in [3.8, 4) is 11.5 Å². The topological polar surface area (TPSA) is 128 Å². The van der Waals surface area contributed by atoms with Crippen LogP contribution in [0.1, 0.15) is 11.9 Å². The first-order valence-electron chi connectivity index (χ1n) is 5.16. The Morgan fingerprint density at radius 1 is 1.53 bits per heavy atom. The van der Waals surface area contributed by atoms with Crippen LogP contribution in [-0.4, -0.2) is 26.8 Å². The Morgan fingerprint density at radius 3 is 2.89 bits per heavy atom. The number of nitrogens with zero attached hydrogens (tertiary/aromatic N) is 3. The van der Waals surface area contributed by atoms with E-state index in [9.17, 15) is 14.5 Å². The zero-order valence-corrected chi connectivity index (χ0v) is 9.49. The maximum atomic E-state index is 13.2. The van der Waals surface area contributed by atoms with Crippen LogP contribution in [0.15, 0.2) is 22.7 Å². The van der Waals surface area contributed by atoms with E-state index in [1.807, 2.05) is 0 Å². The van der Waals surface area contributed by atoms with Gasteiger partial charge in [-0.2, -0.15) is 4.98 Å². The molecule has 2 rings (SSSR count). The molecule has 0 amide bonds. The minimum Gasteiger partial charge on any atom is -0.394 e. The number of benzene rings is 1. The largest absolute Gasteiger partial charge is 0.394 e. The second-order valence-electron chi connectivity index (χ2n) is 3.70. The molecule has 0 bridgehead atoms. The molecule has 1 aromatic carbocycles. The first-order valence-corrected chi connectivity index (χ1v) is 5.16. The van der Waals surface area contributed by atoms with Gasteiger partial charge in [-0.15, -0.1) is 0 Å². The van der Waals surface area contributed by atoms with E-state index in [1.54, 1.807) is 0 Å². The Labute approximate surface area is 105 Å². The minimum atomic E-state index is -0.832. The van der Waals surface area contributed by atoms with E-state index in [1.165, 1.54) is 0 Å². The zero-order chi connectivity index (χ0) is 14.0. The highest BCUT2D eigenvalue weighted by atomic mass is 19.1. The lowest BCUT2D eigenvalue weighted by Gasteiger charge is -1.99. The van der Waals surface area contributed by atoms with Crippen molar-refractivity contribution in [2.24, 2.45) is 5.73 Å². The summed E-state index contributed by atoms with van der Waals surface area (Å²) in [5.41, 5.74) is 5.11. The van der Waals surface area contributed by atoms with Crippen molar-refractivity contribution in [3.05, 3.63) is 40.0 Å². The lowest BCUT2D eigenvalue weighted by Crippen LogP contribution is -2.15. The van der Waals surface area contributed by atoms with Crippen molar-refractivity contribution in [3.63, 3.8) is 0 Å². The molecule has 0 aliphatic heterocycles. The fraction of sp³-hybridized carbons (Fsp3) is 0.200. The predicted molar refractivity (Wildman–Crippen MR) is 60.4 cm³/mol. The molecule has 0 saturated heterocycles. The smallest absolute Gasteiger partial charge is 0.273 e. The molecule has 2 aromatic rings. The Balaban J connectivity index is 2.41.